The number of benzene rings is 2. The summed E-state index contributed by atoms with van der Waals surface area (Å²) in [6.07, 6.45) is 5.99. The number of hydrogen-bond donors (Lipinski definition) is 3. The number of hydrogen-bond acceptors (Lipinski definition) is 8. The number of nitrogen functional groups attached to an aromatic ring is 1. The zero-order chi connectivity index (χ0) is 24.4. The molecule has 1 saturated carbocycles. The molecule has 3 N–H and O–H groups in total. The molecule has 0 bridgehead atoms. The third kappa shape index (κ3) is 4.89. The van der Waals surface area contributed by atoms with E-state index in [-0.39, 0.29) is 17.0 Å². The Morgan fingerprint density at radius 2 is 1.69 bits per heavy atom. The summed E-state index contributed by atoms with van der Waals surface area (Å²) in [5.41, 5.74) is 9.87. The summed E-state index contributed by atoms with van der Waals surface area (Å²) in [4.78, 5) is 9.84. The molecular weight excluding hydrogens is 479 g/mol. The highest BCUT2D eigenvalue weighted by molar-refractivity contribution is 8.45. The van der Waals surface area contributed by atoms with E-state index in [0.717, 1.165) is 53.8 Å². The first-order valence-corrected chi connectivity index (χ1v) is 15.0. The Kier molecular flexibility index (Phi) is 6.73. The molecule has 0 radical (unpaired) electrons. The van der Waals surface area contributed by atoms with Crippen LogP contribution in [0.5, 0.6) is 0 Å². The molecule has 0 spiro atoms. The number of thiol groups is 1. The van der Waals surface area contributed by atoms with Crippen LogP contribution < -0.4 is 11.1 Å². The van der Waals surface area contributed by atoms with Gasteiger partial charge in [0.25, 0.3) is 5.89 Å². The summed E-state index contributed by atoms with van der Waals surface area (Å²) >= 11 is 0. The SMILES string of the molecule is CNCc1ccc(-c2nnc(-c3nc(-c4ccc([SH](=O)(P)C5CCCC5)cc4)cnc3N)o2)cc1. The summed E-state index contributed by atoms with van der Waals surface area (Å²) in [6.45, 7) is 0.782. The lowest BCUT2D eigenvalue weighted by atomic mass is 10.1. The van der Waals surface area contributed by atoms with E-state index in [9.17, 15) is 4.21 Å². The Bertz CT molecular complexity index is 1370. The van der Waals surface area contributed by atoms with Crippen molar-refractivity contribution in [2.24, 2.45) is 0 Å². The first-order valence-electron chi connectivity index (χ1n) is 11.7. The van der Waals surface area contributed by atoms with E-state index in [1.165, 1.54) is 0 Å². The second-order valence-electron chi connectivity index (χ2n) is 8.82. The first kappa shape index (κ1) is 23.7. The molecule has 35 heavy (non-hydrogen) atoms. The number of nitrogens with two attached hydrogens (primary N) is 1. The molecule has 1 unspecified atom stereocenters. The Balaban J connectivity index is 1.40. The zero-order valence-corrected chi connectivity index (χ0v) is 21.6. The number of nitrogens with one attached hydrogen (secondary N) is 1. The van der Waals surface area contributed by atoms with Crippen LogP contribution >= 0.6 is 8.44 Å². The maximum absolute atomic E-state index is 13.4. The van der Waals surface area contributed by atoms with Crippen LogP contribution in [0.4, 0.5) is 5.82 Å². The number of rotatable bonds is 7. The zero-order valence-electron chi connectivity index (χ0n) is 19.5. The van der Waals surface area contributed by atoms with Crippen LogP contribution in [-0.2, 0) is 16.1 Å². The lowest BCUT2D eigenvalue weighted by Gasteiger charge is -2.26. The summed E-state index contributed by atoms with van der Waals surface area (Å²) in [6, 6.07) is 15.6. The van der Waals surface area contributed by atoms with Crippen molar-refractivity contribution in [3.05, 3.63) is 60.3 Å². The number of nitrogens with zero attached hydrogens (tertiary/aromatic N) is 4. The largest absolute Gasteiger partial charge is 0.414 e. The molecule has 2 aromatic heterocycles. The molecule has 8 nitrogen and oxygen atoms in total. The van der Waals surface area contributed by atoms with Crippen LogP contribution in [0.15, 0.2) is 64.0 Å². The normalized spacial score (nSPS) is 14.9. The molecule has 1 fully saturated rings. The Labute approximate surface area is 207 Å². The summed E-state index contributed by atoms with van der Waals surface area (Å²) < 4.78 is 19.3. The van der Waals surface area contributed by atoms with E-state index in [2.05, 4.69) is 33.9 Å². The van der Waals surface area contributed by atoms with Crippen LogP contribution in [-0.4, -0.2) is 36.7 Å². The van der Waals surface area contributed by atoms with Gasteiger partial charge in [-0.3, -0.25) is 4.21 Å². The van der Waals surface area contributed by atoms with E-state index in [0.29, 0.717) is 17.3 Å². The number of anilines is 1. The van der Waals surface area contributed by atoms with Crippen LogP contribution in [0.25, 0.3) is 34.3 Å². The Morgan fingerprint density at radius 1 is 1.03 bits per heavy atom. The molecule has 0 aliphatic heterocycles. The standard InChI is InChI=1S/C25H29N6O2PS/c1-27-14-16-6-8-18(9-7-16)24-30-31-25(33-24)22-23(26)28-15-21(29-22)17-10-12-20(13-11-17)35(32,34)19-4-2-3-5-19/h6-13,15,19,27,35H,2-5,14,34H2,1H3,(H2,26,28). The van der Waals surface area contributed by atoms with Gasteiger partial charge < -0.3 is 15.5 Å². The third-order valence-electron chi connectivity index (χ3n) is 6.44. The van der Waals surface area contributed by atoms with Gasteiger partial charge in [0.1, 0.15) is 0 Å². The smallest absolute Gasteiger partial charge is 0.270 e. The summed E-state index contributed by atoms with van der Waals surface area (Å²) in [7, 11) is 2.08. The van der Waals surface area contributed by atoms with Crippen LogP contribution in [0.2, 0.25) is 0 Å². The highest BCUT2D eigenvalue weighted by Gasteiger charge is 2.28. The van der Waals surface area contributed by atoms with Gasteiger partial charge in [-0.15, -0.1) is 10.2 Å². The molecule has 10 heteroatoms. The molecule has 1 atom stereocenters. The van der Waals surface area contributed by atoms with Crippen LogP contribution in [0.3, 0.4) is 0 Å². The minimum atomic E-state index is -2.48. The molecule has 1 aliphatic carbocycles. The molecule has 2 aromatic carbocycles. The van der Waals surface area contributed by atoms with E-state index in [1.807, 2.05) is 55.6 Å². The fourth-order valence-corrected chi connectivity index (χ4v) is 8.04. The molecule has 182 valence electrons. The van der Waals surface area contributed by atoms with Gasteiger partial charge in [-0.2, -0.15) is 0 Å². The topological polar surface area (TPSA) is 120 Å². The molecule has 0 saturated heterocycles. The first-order chi connectivity index (χ1) is 17.0. The highest BCUT2D eigenvalue weighted by atomic mass is 32.8. The monoisotopic (exact) mass is 508 g/mol. The van der Waals surface area contributed by atoms with E-state index >= 15 is 0 Å². The van der Waals surface area contributed by atoms with E-state index in [1.54, 1.807) is 6.20 Å². The van der Waals surface area contributed by atoms with Gasteiger partial charge in [-0.1, -0.05) is 55.1 Å². The molecule has 5 rings (SSSR count). The molecule has 1 aliphatic rings. The molecular formula is C25H29N6O2PS. The minimum absolute atomic E-state index is 0.207. The van der Waals surface area contributed by atoms with Gasteiger partial charge in [0, 0.05) is 27.8 Å². The molecule has 0 amide bonds. The number of aromatic nitrogens is 4. The van der Waals surface area contributed by atoms with Gasteiger partial charge in [0.15, 0.2) is 11.5 Å². The lowest BCUT2D eigenvalue weighted by molar-refractivity contribution is 0.582. The fourth-order valence-electron chi connectivity index (χ4n) is 4.46. The van der Waals surface area contributed by atoms with Gasteiger partial charge in [-0.05, 0) is 49.7 Å². The van der Waals surface area contributed by atoms with Crippen molar-refractivity contribution in [1.82, 2.24) is 25.5 Å². The average molecular weight is 509 g/mol. The second kappa shape index (κ2) is 9.93. The maximum atomic E-state index is 13.4. The van der Waals surface area contributed by atoms with E-state index in [4.69, 9.17) is 10.2 Å². The van der Waals surface area contributed by atoms with Gasteiger partial charge in [0.2, 0.25) is 5.89 Å². The fraction of sp³-hybridized carbons (Fsp3) is 0.280. The minimum Gasteiger partial charge on any atom is -0.414 e. The van der Waals surface area contributed by atoms with Crippen LogP contribution in [0.1, 0.15) is 31.2 Å². The van der Waals surface area contributed by atoms with Crippen molar-refractivity contribution < 1.29 is 8.63 Å². The molecule has 2 heterocycles. The Hall–Kier alpha value is -3.00. The summed E-state index contributed by atoms with van der Waals surface area (Å²) in [5.74, 6) is 0.800. The Morgan fingerprint density at radius 3 is 2.37 bits per heavy atom. The van der Waals surface area contributed by atoms with Crippen molar-refractivity contribution in [1.29, 1.82) is 0 Å². The van der Waals surface area contributed by atoms with Crippen molar-refractivity contribution >= 4 is 23.8 Å². The van der Waals surface area contributed by atoms with Gasteiger partial charge in [0.05, 0.1) is 11.9 Å². The van der Waals surface area contributed by atoms with Gasteiger partial charge in [-0.25, -0.2) is 9.97 Å². The van der Waals surface area contributed by atoms with Crippen molar-refractivity contribution in [2.75, 3.05) is 12.8 Å². The quantitative estimate of drug-likeness (QED) is 0.250. The lowest BCUT2D eigenvalue weighted by Crippen LogP contribution is -2.19. The van der Waals surface area contributed by atoms with Crippen molar-refractivity contribution in [2.45, 2.75) is 42.4 Å². The summed E-state index contributed by atoms with van der Waals surface area (Å²) in [5, 5.41) is 11.7. The van der Waals surface area contributed by atoms with Gasteiger partial charge >= 0.3 is 0 Å². The second-order valence-corrected chi connectivity index (χ2v) is 13.8. The molecule has 4 aromatic rings. The van der Waals surface area contributed by atoms with Crippen molar-refractivity contribution in [3.8, 4) is 34.3 Å². The average Bonchev–Trinajstić information content (AvgIpc) is 3.59. The highest BCUT2D eigenvalue weighted by Crippen LogP contribution is 2.40. The van der Waals surface area contributed by atoms with Crippen molar-refractivity contribution in [3.63, 3.8) is 0 Å². The third-order valence-corrected chi connectivity index (χ3v) is 11.3. The van der Waals surface area contributed by atoms with E-state index < -0.39 is 9.55 Å². The maximum Gasteiger partial charge on any atom is 0.270 e. The predicted octanol–water partition coefficient (Wildman–Crippen LogP) is 4.27. The van der Waals surface area contributed by atoms with Crippen LogP contribution in [0, 0.1) is 0 Å². The predicted molar refractivity (Wildman–Crippen MR) is 143 cm³/mol.